The van der Waals surface area contributed by atoms with Gasteiger partial charge in [0.2, 0.25) is 0 Å². The number of nitrogens with zero attached hydrogens (tertiary/aromatic N) is 1. The van der Waals surface area contributed by atoms with Gasteiger partial charge in [-0.25, -0.2) is 9.78 Å². The van der Waals surface area contributed by atoms with Gasteiger partial charge in [0.1, 0.15) is 0 Å². The number of ether oxygens (including phenoxy) is 1. The Labute approximate surface area is 104 Å². The quantitative estimate of drug-likeness (QED) is 0.617. The van der Waals surface area contributed by atoms with Crippen molar-refractivity contribution in [1.82, 2.24) is 4.98 Å². The number of hydrogen-bond acceptors (Lipinski definition) is 4. The molecule has 0 atom stereocenters. The Bertz CT molecular complexity index is 572. The fourth-order valence-corrected chi connectivity index (χ4v) is 2.33. The summed E-state index contributed by atoms with van der Waals surface area (Å²) in [4.78, 5) is 15.6. The molecule has 0 bridgehead atoms. The Balaban J connectivity index is 2.21. The molecule has 4 heteroatoms. The van der Waals surface area contributed by atoms with Crippen LogP contribution in [-0.4, -0.2) is 17.6 Å². The lowest BCUT2D eigenvalue weighted by molar-refractivity contribution is -0.137. The third-order valence-electron chi connectivity index (χ3n) is 2.22. The Hall–Kier alpha value is -1.68. The number of esters is 1. The molecule has 0 N–H and O–H groups in total. The van der Waals surface area contributed by atoms with Crippen molar-refractivity contribution in [3.05, 3.63) is 34.8 Å². The van der Waals surface area contributed by atoms with Crippen molar-refractivity contribution in [3.63, 3.8) is 0 Å². The molecule has 0 aliphatic rings. The fraction of sp³-hybridized carbons (Fsp3) is 0.231. The van der Waals surface area contributed by atoms with Gasteiger partial charge in [0.05, 0.1) is 21.8 Å². The first-order valence-electron chi connectivity index (χ1n) is 5.41. The number of aromatic nitrogens is 1. The van der Waals surface area contributed by atoms with E-state index in [2.05, 4.69) is 4.98 Å². The van der Waals surface area contributed by atoms with E-state index in [1.54, 1.807) is 24.3 Å². The van der Waals surface area contributed by atoms with Gasteiger partial charge in [-0.05, 0) is 37.6 Å². The van der Waals surface area contributed by atoms with Gasteiger partial charge >= 0.3 is 5.97 Å². The average molecular weight is 247 g/mol. The van der Waals surface area contributed by atoms with Gasteiger partial charge in [-0.15, -0.1) is 11.3 Å². The molecule has 3 nitrogen and oxygen atoms in total. The highest BCUT2D eigenvalue weighted by atomic mass is 32.1. The predicted octanol–water partition coefficient (Wildman–Crippen LogP) is 3.18. The van der Waals surface area contributed by atoms with Crippen molar-refractivity contribution < 1.29 is 9.53 Å². The lowest BCUT2D eigenvalue weighted by Gasteiger charge is -1.95. The van der Waals surface area contributed by atoms with Crippen molar-refractivity contribution in [2.24, 2.45) is 0 Å². The Morgan fingerprint density at radius 1 is 1.53 bits per heavy atom. The van der Waals surface area contributed by atoms with Crippen molar-refractivity contribution >= 4 is 33.6 Å². The minimum absolute atomic E-state index is 0.318. The molecule has 0 amide bonds. The summed E-state index contributed by atoms with van der Waals surface area (Å²) in [6.45, 7) is 4.17. The van der Waals surface area contributed by atoms with Crippen LogP contribution >= 0.6 is 11.3 Å². The first-order chi connectivity index (χ1) is 8.19. The summed E-state index contributed by atoms with van der Waals surface area (Å²) >= 11 is 1.67. The molecule has 0 saturated carbocycles. The number of hydrogen-bond donors (Lipinski definition) is 0. The molecule has 0 aliphatic carbocycles. The second-order valence-corrected chi connectivity index (χ2v) is 4.78. The maximum atomic E-state index is 11.2. The SMILES string of the molecule is CCOC(=O)/C=C/c1ccc2sc(C)nc2c1. The molecular weight excluding hydrogens is 234 g/mol. The first-order valence-corrected chi connectivity index (χ1v) is 6.22. The average Bonchev–Trinajstić information content (AvgIpc) is 2.66. The molecule has 1 aromatic carbocycles. The zero-order valence-corrected chi connectivity index (χ0v) is 10.6. The van der Waals surface area contributed by atoms with Crippen LogP contribution in [0.5, 0.6) is 0 Å². The van der Waals surface area contributed by atoms with Crippen LogP contribution in [-0.2, 0) is 9.53 Å². The maximum absolute atomic E-state index is 11.2. The Kier molecular flexibility index (Phi) is 3.54. The highest BCUT2D eigenvalue weighted by Crippen LogP contribution is 2.22. The van der Waals surface area contributed by atoms with Crippen molar-refractivity contribution in [2.45, 2.75) is 13.8 Å². The topological polar surface area (TPSA) is 39.2 Å². The van der Waals surface area contributed by atoms with Gasteiger partial charge in [-0.2, -0.15) is 0 Å². The summed E-state index contributed by atoms with van der Waals surface area (Å²) in [6, 6.07) is 5.95. The second-order valence-electron chi connectivity index (χ2n) is 3.55. The molecule has 0 fully saturated rings. The Morgan fingerprint density at radius 2 is 2.35 bits per heavy atom. The van der Waals surface area contributed by atoms with Crippen LogP contribution in [0, 0.1) is 6.92 Å². The molecule has 2 rings (SSSR count). The summed E-state index contributed by atoms with van der Waals surface area (Å²) in [5.74, 6) is -0.318. The van der Waals surface area contributed by atoms with E-state index in [9.17, 15) is 4.79 Å². The van der Waals surface area contributed by atoms with Crippen molar-refractivity contribution in [3.8, 4) is 0 Å². The first kappa shape index (κ1) is 11.8. The molecule has 0 spiro atoms. The van der Waals surface area contributed by atoms with Crippen LogP contribution in [0.15, 0.2) is 24.3 Å². The number of benzene rings is 1. The van der Waals surface area contributed by atoms with Crippen LogP contribution in [0.3, 0.4) is 0 Å². The van der Waals surface area contributed by atoms with Gasteiger partial charge in [0.25, 0.3) is 0 Å². The van der Waals surface area contributed by atoms with Gasteiger partial charge in [0, 0.05) is 6.08 Å². The van der Waals surface area contributed by atoms with Gasteiger partial charge < -0.3 is 4.74 Å². The molecule has 1 aromatic heterocycles. The molecule has 0 aliphatic heterocycles. The molecule has 0 radical (unpaired) electrons. The third kappa shape index (κ3) is 2.91. The normalized spacial score (nSPS) is 11.2. The molecule has 2 aromatic rings. The lowest BCUT2D eigenvalue weighted by Crippen LogP contribution is -1.98. The predicted molar refractivity (Wildman–Crippen MR) is 70.0 cm³/mol. The van der Waals surface area contributed by atoms with Crippen LogP contribution in [0.25, 0.3) is 16.3 Å². The van der Waals surface area contributed by atoms with Gasteiger partial charge in [-0.1, -0.05) is 6.07 Å². The van der Waals surface area contributed by atoms with Crippen molar-refractivity contribution in [2.75, 3.05) is 6.61 Å². The van der Waals surface area contributed by atoms with Gasteiger partial charge in [-0.3, -0.25) is 0 Å². The maximum Gasteiger partial charge on any atom is 0.330 e. The second kappa shape index (κ2) is 5.10. The minimum atomic E-state index is -0.318. The zero-order valence-electron chi connectivity index (χ0n) is 9.77. The smallest absolute Gasteiger partial charge is 0.330 e. The summed E-state index contributed by atoms with van der Waals surface area (Å²) < 4.78 is 5.98. The largest absolute Gasteiger partial charge is 0.463 e. The highest BCUT2D eigenvalue weighted by molar-refractivity contribution is 7.18. The minimum Gasteiger partial charge on any atom is -0.463 e. The van der Waals surface area contributed by atoms with E-state index in [-0.39, 0.29) is 5.97 Å². The van der Waals surface area contributed by atoms with Crippen LogP contribution in [0.4, 0.5) is 0 Å². The van der Waals surface area contributed by atoms with E-state index in [0.717, 1.165) is 20.8 Å². The molecular formula is C13H13NO2S. The number of carbonyl (C=O) groups excluding carboxylic acids is 1. The van der Waals surface area contributed by atoms with E-state index < -0.39 is 0 Å². The summed E-state index contributed by atoms with van der Waals surface area (Å²) in [7, 11) is 0. The fourth-order valence-electron chi connectivity index (χ4n) is 1.52. The molecule has 1 heterocycles. The van der Waals surface area contributed by atoms with Crippen LogP contribution in [0.2, 0.25) is 0 Å². The third-order valence-corrected chi connectivity index (χ3v) is 3.17. The number of fused-ring (bicyclic) bond motifs is 1. The van der Waals surface area contributed by atoms with Crippen LogP contribution < -0.4 is 0 Å². The molecule has 0 unspecified atom stereocenters. The van der Waals surface area contributed by atoms with E-state index >= 15 is 0 Å². The number of carbonyl (C=O) groups is 1. The molecule has 88 valence electrons. The number of aryl methyl sites for hydroxylation is 1. The molecule has 0 saturated heterocycles. The van der Waals surface area contributed by atoms with Crippen LogP contribution in [0.1, 0.15) is 17.5 Å². The summed E-state index contributed by atoms with van der Waals surface area (Å²) in [6.07, 6.45) is 3.18. The van der Waals surface area contributed by atoms with Gasteiger partial charge in [0.15, 0.2) is 0 Å². The lowest BCUT2D eigenvalue weighted by atomic mass is 10.2. The number of rotatable bonds is 3. The van der Waals surface area contributed by atoms with E-state index in [1.165, 1.54) is 6.08 Å². The Morgan fingerprint density at radius 3 is 3.12 bits per heavy atom. The van der Waals surface area contributed by atoms with E-state index in [1.807, 2.05) is 25.1 Å². The van der Waals surface area contributed by atoms with E-state index in [0.29, 0.717) is 6.61 Å². The summed E-state index contributed by atoms with van der Waals surface area (Å²) in [5.41, 5.74) is 1.93. The number of thiazole rings is 1. The van der Waals surface area contributed by atoms with E-state index in [4.69, 9.17) is 4.74 Å². The van der Waals surface area contributed by atoms with Crippen molar-refractivity contribution in [1.29, 1.82) is 0 Å². The molecule has 17 heavy (non-hydrogen) atoms. The summed E-state index contributed by atoms with van der Waals surface area (Å²) in [5, 5.41) is 1.05. The monoisotopic (exact) mass is 247 g/mol. The highest BCUT2D eigenvalue weighted by Gasteiger charge is 2.00. The zero-order chi connectivity index (χ0) is 12.3. The standard InChI is InChI=1S/C13H13NO2S/c1-3-16-13(15)7-5-10-4-6-12-11(8-10)14-9(2)17-12/h4-8H,3H2,1-2H3/b7-5+.